The zero-order valence-electron chi connectivity index (χ0n) is 14.3. The van der Waals surface area contributed by atoms with E-state index in [1.807, 2.05) is 24.3 Å². The van der Waals surface area contributed by atoms with Gasteiger partial charge in [-0.15, -0.1) is 0 Å². The van der Waals surface area contributed by atoms with Crippen molar-refractivity contribution in [3.63, 3.8) is 0 Å². The van der Waals surface area contributed by atoms with Crippen molar-refractivity contribution >= 4 is 12.1 Å². The lowest BCUT2D eigenvalue weighted by molar-refractivity contribution is 0.0671. The summed E-state index contributed by atoms with van der Waals surface area (Å²) in [6.45, 7) is 0. The van der Waals surface area contributed by atoms with Crippen LogP contribution in [-0.4, -0.2) is 36.3 Å². The summed E-state index contributed by atoms with van der Waals surface area (Å²) in [4.78, 5) is 25.1. The molecule has 0 aromatic heterocycles. The lowest BCUT2D eigenvalue weighted by Gasteiger charge is -2.24. The zero-order valence-corrected chi connectivity index (χ0v) is 14.3. The predicted octanol–water partition coefficient (Wildman–Crippen LogP) is 2.37. The molecule has 2 aliphatic heterocycles. The lowest BCUT2D eigenvalue weighted by atomic mass is 10.1. The number of nitrogens with one attached hydrogen (secondary N) is 2. The molecule has 4 amide bonds. The Labute approximate surface area is 150 Å². The predicted molar refractivity (Wildman–Crippen MR) is 92.2 cm³/mol. The van der Waals surface area contributed by atoms with Crippen molar-refractivity contribution in [3.05, 3.63) is 59.7 Å². The van der Waals surface area contributed by atoms with Crippen LogP contribution >= 0.6 is 0 Å². The number of rotatable bonds is 4. The Morgan fingerprint density at radius 2 is 1.04 bits per heavy atom. The molecule has 0 aliphatic carbocycles. The van der Waals surface area contributed by atoms with E-state index in [0.29, 0.717) is 11.5 Å². The van der Waals surface area contributed by atoms with Crippen molar-refractivity contribution in [1.82, 2.24) is 20.7 Å². The monoisotopic (exact) mass is 354 g/mol. The van der Waals surface area contributed by atoms with Gasteiger partial charge in [0.2, 0.25) is 0 Å². The SMILES string of the molecule is COc1ccc(C2NC(=O)N3C(c4ccc(OC)cc4)NC(=O)N23)cc1. The van der Waals surface area contributed by atoms with Crippen LogP contribution in [0.1, 0.15) is 23.5 Å². The molecule has 2 N–H and O–H groups in total. The summed E-state index contributed by atoms with van der Waals surface area (Å²) in [6.07, 6.45) is -1.15. The third kappa shape index (κ3) is 2.46. The van der Waals surface area contributed by atoms with Crippen LogP contribution in [0, 0.1) is 0 Å². The van der Waals surface area contributed by atoms with Gasteiger partial charge in [0, 0.05) is 0 Å². The topological polar surface area (TPSA) is 83.1 Å². The molecule has 0 saturated carbocycles. The van der Waals surface area contributed by atoms with Crippen molar-refractivity contribution < 1.29 is 19.1 Å². The van der Waals surface area contributed by atoms with Crippen LogP contribution in [0.5, 0.6) is 11.5 Å². The van der Waals surface area contributed by atoms with Crippen LogP contribution in [-0.2, 0) is 0 Å². The van der Waals surface area contributed by atoms with Gasteiger partial charge < -0.3 is 20.1 Å². The van der Waals surface area contributed by atoms with E-state index in [0.717, 1.165) is 11.1 Å². The summed E-state index contributed by atoms with van der Waals surface area (Å²) in [5.74, 6) is 1.41. The molecule has 2 fully saturated rings. The largest absolute Gasteiger partial charge is 0.497 e. The van der Waals surface area contributed by atoms with Gasteiger partial charge in [0.1, 0.15) is 11.5 Å². The van der Waals surface area contributed by atoms with Crippen LogP contribution in [0.25, 0.3) is 0 Å². The average Bonchev–Trinajstić information content (AvgIpc) is 3.21. The van der Waals surface area contributed by atoms with Gasteiger partial charge in [-0.1, -0.05) is 24.3 Å². The molecule has 26 heavy (non-hydrogen) atoms. The van der Waals surface area contributed by atoms with Crippen molar-refractivity contribution in [2.45, 2.75) is 12.3 Å². The first kappa shape index (κ1) is 16.1. The zero-order chi connectivity index (χ0) is 18.3. The van der Waals surface area contributed by atoms with E-state index >= 15 is 0 Å². The summed E-state index contributed by atoms with van der Waals surface area (Å²) in [6, 6.07) is 13.8. The highest BCUT2D eigenvalue weighted by Gasteiger charge is 2.51. The second kappa shape index (κ2) is 6.14. The van der Waals surface area contributed by atoms with Gasteiger partial charge in [-0.3, -0.25) is 0 Å². The third-order valence-electron chi connectivity index (χ3n) is 4.52. The first-order valence-corrected chi connectivity index (χ1v) is 8.09. The normalized spacial score (nSPS) is 21.3. The van der Waals surface area contributed by atoms with E-state index in [-0.39, 0.29) is 12.1 Å². The molecule has 134 valence electrons. The molecule has 2 unspecified atom stereocenters. The number of fused-ring (bicyclic) bond motifs is 1. The van der Waals surface area contributed by atoms with Gasteiger partial charge in [0.05, 0.1) is 14.2 Å². The van der Waals surface area contributed by atoms with Gasteiger partial charge in [-0.2, -0.15) is 0 Å². The molecule has 2 aromatic carbocycles. The third-order valence-corrected chi connectivity index (χ3v) is 4.52. The van der Waals surface area contributed by atoms with E-state index in [2.05, 4.69) is 10.6 Å². The molecular formula is C18H18N4O4. The summed E-state index contributed by atoms with van der Waals surface area (Å²) >= 11 is 0. The van der Waals surface area contributed by atoms with Crippen LogP contribution in [0.3, 0.4) is 0 Å². The molecule has 0 radical (unpaired) electrons. The molecule has 2 heterocycles. The molecule has 4 rings (SSSR count). The summed E-state index contributed by atoms with van der Waals surface area (Å²) in [5, 5.41) is 8.50. The quantitative estimate of drug-likeness (QED) is 0.883. The summed E-state index contributed by atoms with van der Waals surface area (Å²) in [7, 11) is 3.17. The Balaban J connectivity index is 1.63. The fraction of sp³-hybridized carbons (Fsp3) is 0.222. The number of urea groups is 2. The number of amides is 4. The molecular weight excluding hydrogens is 336 g/mol. The van der Waals surface area contributed by atoms with Crippen LogP contribution in [0.2, 0.25) is 0 Å². The number of methoxy groups -OCH3 is 2. The standard InChI is InChI=1S/C18H18N4O4/c1-25-13-7-3-11(4-8-13)15-19-17(23)22-16(20-18(24)21(15)22)12-5-9-14(26-2)10-6-12/h3-10,15-16H,1-2H3,(H,19,23)(H,20,24). The molecule has 0 bridgehead atoms. The number of hydrogen-bond acceptors (Lipinski definition) is 4. The van der Waals surface area contributed by atoms with Gasteiger partial charge in [0.15, 0.2) is 12.3 Å². The number of ether oxygens (including phenoxy) is 2. The minimum Gasteiger partial charge on any atom is -0.497 e. The molecule has 2 aliphatic rings. The van der Waals surface area contributed by atoms with Gasteiger partial charge in [-0.25, -0.2) is 19.6 Å². The Hall–Kier alpha value is -3.42. The maximum absolute atomic E-state index is 12.5. The fourth-order valence-corrected chi connectivity index (χ4v) is 3.19. The maximum Gasteiger partial charge on any atom is 0.340 e. The minimum absolute atomic E-state index is 0.343. The van der Waals surface area contributed by atoms with Crippen molar-refractivity contribution in [2.24, 2.45) is 0 Å². The Kier molecular flexibility index (Phi) is 3.80. The second-order valence-corrected chi connectivity index (χ2v) is 5.94. The average molecular weight is 354 g/mol. The van der Waals surface area contributed by atoms with Crippen LogP contribution < -0.4 is 20.1 Å². The Morgan fingerprint density at radius 1 is 0.692 bits per heavy atom. The number of carbonyl (C=O) groups is 2. The van der Waals surface area contributed by atoms with Gasteiger partial charge in [-0.05, 0) is 35.4 Å². The first-order valence-electron chi connectivity index (χ1n) is 8.09. The number of hydrogen-bond donors (Lipinski definition) is 2. The number of hydrazine groups is 1. The first-order chi connectivity index (χ1) is 12.6. The van der Waals surface area contributed by atoms with Crippen LogP contribution in [0.4, 0.5) is 9.59 Å². The van der Waals surface area contributed by atoms with Crippen LogP contribution in [0.15, 0.2) is 48.5 Å². The molecule has 8 heteroatoms. The highest BCUT2D eigenvalue weighted by molar-refractivity contribution is 5.88. The smallest absolute Gasteiger partial charge is 0.340 e. The van der Waals surface area contributed by atoms with E-state index in [9.17, 15) is 9.59 Å². The van der Waals surface area contributed by atoms with E-state index in [1.54, 1.807) is 38.5 Å². The van der Waals surface area contributed by atoms with Gasteiger partial charge in [0.25, 0.3) is 0 Å². The number of benzene rings is 2. The summed E-state index contributed by atoms with van der Waals surface area (Å²) < 4.78 is 10.3. The molecule has 2 saturated heterocycles. The number of carbonyl (C=O) groups excluding carboxylic acids is 2. The van der Waals surface area contributed by atoms with E-state index in [1.165, 1.54) is 10.0 Å². The molecule has 2 aromatic rings. The highest BCUT2D eigenvalue weighted by atomic mass is 16.5. The summed E-state index contributed by atoms with van der Waals surface area (Å²) in [5.41, 5.74) is 1.57. The maximum atomic E-state index is 12.5. The molecule has 2 atom stereocenters. The van der Waals surface area contributed by atoms with Gasteiger partial charge >= 0.3 is 12.1 Å². The Bertz CT molecular complexity index is 766. The molecule has 8 nitrogen and oxygen atoms in total. The van der Waals surface area contributed by atoms with Crippen molar-refractivity contribution in [3.8, 4) is 11.5 Å². The second-order valence-electron chi connectivity index (χ2n) is 5.94. The molecule has 0 spiro atoms. The van der Waals surface area contributed by atoms with E-state index < -0.39 is 12.3 Å². The van der Waals surface area contributed by atoms with Crippen molar-refractivity contribution in [2.75, 3.05) is 14.2 Å². The lowest BCUT2D eigenvalue weighted by Crippen LogP contribution is -2.36. The Morgan fingerprint density at radius 3 is 1.35 bits per heavy atom. The highest BCUT2D eigenvalue weighted by Crippen LogP contribution is 2.37. The van der Waals surface area contributed by atoms with E-state index in [4.69, 9.17) is 9.47 Å². The fourth-order valence-electron chi connectivity index (χ4n) is 3.19. The number of nitrogens with zero attached hydrogens (tertiary/aromatic N) is 2. The minimum atomic E-state index is -0.573. The van der Waals surface area contributed by atoms with Crippen molar-refractivity contribution in [1.29, 1.82) is 0 Å².